The molecule has 0 spiro atoms. The van der Waals surface area contributed by atoms with Crippen molar-refractivity contribution in [3.05, 3.63) is 10.7 Å². The van der Waals surface area contributed by atoms with Crippen LogP contribution in [0.25, 0.3) is 0 Å². The van der Waals surface area contributed by atoms with E-state index in [0.717, 1.165) is 5.92 Å². The van der Waals surface area contributed by atoms with Crippen molar-refractivity contribution in [2.24, 2.45) is 0 Å². The summed E-state index contributed by atoms with van der Waals surface area (Å²) < 4.78 is 1.40. The average molecular weight is 185 g/mol. The molecule has 3 heteroatoms. The molecule has 2 rings (SSSR count). The molecule has 0 N–H and O–H groups in total. The molecule has 0 unspecified atom stereocenters. The van der Waals surface area contributed by atoms with Gasteiger partial charge in [-0.3, -0.25) is 0 Å². The molecule has 1 aliphatic carbocycles. The summed E-state index contributed by atoms with van der Waals surface area (Å²) in [5.41, 5.74) is 1.23. The Balaban J connectivity index is 2.28. The van der Waals surface area contributed by atoms with Crippen LogP contribution >= 0.6 is 23.1 Å². The molecule has 0 bridgehead atoms. The Morgan fingerprint density at radius 1 is 1.55 bits per heavy atom. The minimum atomic E-state index is 0.819. The van der Waals surface area contributed by atoms with Gasteiger partial charge in [0.05, 0.1) is 14.9 Å². The third-order valence-electron chi connectivity index (χ3n) is 1.88. The van der Waals surface area contributed by atoms with Gasteiger partial charge >= 0.3 is 0 Å². The lowest BCUT2D eigenvalue weighted by atomic mass is 10.4. The molecule has 11 heavy (non-hydrogen) atoms. The van der Waals surface area contributed by atoms with E-state index in [1.807, 2.05) is 23.1 Å². The fourth-order valence-electron chi connectivity index (χ4n) is 1.10. The van der Waals surface area contributed by atoms with E-state index in [0.29, 0.717) is 0 Å². The van der Waals surface area contributed by atoms with Gasteiger partial charge in [0.2, 0.25) is 0 Å². The summed E-state index contributed by atoms with van der Waals surface area (Å²) in [6, 6.07) is 0. The van der Waals surface area contributed by atoms with Crippen molar-refractivity contribution in [3.8, 4) is 0 Å². The maximum absolute atomic E-state index is 4.54. The van der Waals surface area contributed by atoms with Crippen molar-refractivity contribution in [1.82, 2.24) is 4.98 Å². The predicted octanol–water partition coefficient (Wildman–Crippen LogP) is 3.05. The molecule has 60 valence electrons. The van der Waals surface area contributed by atoms with Gasteiger partial charge < -0.3 is 0 Å². The lowest BCUT2D eigenvalue weighted by Crippen LogP contribution is -1.76. The van der Waals surface area contributed by atoms with Crippen molar-refractivity contribution in [3.63, 3.8) is 0 Å². The third kappa shape index (κ3) is 1.44. The lowest BCUT2D eigenvalue weighted by Gasteiger charge is -1.85. The second kappa shape index (κ2) is 2.79. The molecule has 1 aromatic rings. The van der Waals surface area contributed by atoms with Gasteiger partial charge in [-0.25, -0.2) is 4.98 Å². The van der Waals surface area contributed by atoms with Crippen LogP contribution in [0.4, 0.5) is 0 Å². The van der Waals surface area contributed by atoms with Crippen LogP contribution in [-0.2, 0) is 0 Å². The Morgan fingerprint density at radius 3 is 2.73 bits per heavy atom. The summed E-state index contributed by atoms with van der Waals surface area (Å²) in [6.45, 7) is 2.11. The van der Waals surface area contributed by atoms with Crippen LogP contribution in [0.15, 0.2) is 4.21 Å². The van der Waals surface area contributed by atoms with Gasteiger partial charge in [-0.1, -0.05) is 0 Å². The van der Waals surface area contributed by atoms with Crippen LogP contribution < -0.4 is 0 Å². The molecule has 0 amide bonds. The first-order chi connectivity index (χ1) is 5.31. The van der Waals surface area contributed by atoms with Gasteiger partial charge in [-0.05, 0) is 26.0 Å². The highest BCUT2D eigenvalue weighted by Gasteiger charge is 2.27. The number of hydrogen-bond acceptors (Lipinski definition) is 3. The predicted molar refractivity (Wildman–Crippen MR) is 50.6 cm³/mol. The molecule has 1 aromatic heterocycles. The van der Waals surface area contributed by atoms with E-state index in [9.17, 15) is 0 Å². The maximum Gasteiger partial charge on any atom is 0.0970 e. The smallest absolute Gasteiger partial charge is 0.0970 e. The van der Waals surface area contributed by atoms with Crippen LogP contribution in [0.3, 0.4) is 0 Å². The fraction of sp³-hybridized carbons (Fsp3) is 0.625. The summed E-state index contributed by atoms with van der Waals surface area (Å²) in [7, 11) is 0. The molecule has 0 radical (unpaired) electrons. The summed E-state index contributed by atoms with van der Waals surface area (Å²) in [5.74, 6) is 0.819. The number of aryl methyl sites for hydroxylation is 1. The van der Waals surface area contributed by atoms with E-state index in [4.69, 9.17) is 0 Å². The standard InChI is InChI=1S/C8H11NS2/c1-5-8(10-2)11-7(9-5)6-3-4-6/h6H,3-4H2,1-2H3. The van der Waals surface area contributed by atoms with Crippen LogP contribution in [-0.4, -0.2) is 11.2 Å². The molecule has 0 aromatic carbocycles. The molecule has 0 saturated heterocycles. The first kappa shape index (κ1) is 7.62. The number of hydrogen-bond donors (Lipinski definition) is 0. The Labute approximate surface area is 75.2 Å². The fourth-order valence-corrected chi connectivity index (χ4v) is 3.00. The number of aromatic nitrogens is 1. The number of thiazole rings is 1. The van der Waals surface area contributed by atoms with Crippen molar-refractivity contribution >= 4 is 23.1 Å². The van der Waals surface area contributed by atoms with Crippen LogP contribution in [0.2, 0.25) is 0 Å². The minimum Gasteiger partial charge on any atom is -0.245 e. The number of rotatable bonds is 2. The zero-order chi connectivity index (χ0) is 7.84. The van der Waals surface area contributed by atoms with Crippen molar-refractivity contribution in [1.29, 1.82) is 0 Å². The molecular formula is C8H11NS2. The summed E-state index contributed by atoms with van der Waals surface area (Å²) >= 11 is 3.70. The monoisotopic (exact) mass is 185 g/mol. The Bertz CT molecular complexity index is 263. The largest absolute Gasteiger partial charge is 0.245 e. The van der Waals surface area contributed by atoms with Crippen molar-refractivity contribution < 1.29 is 0 Å². The van der Waals surface area contributed by atoms with Crippen molar-refractivity contribution in [2.75, 3.05) is 6.26 Å². The highest BCUT2D eigenvalue weighted by Crippen LogP contribution is 2.44. The van der Waals surface area contributed by atoms with E-state index in [2.05, 4.69) is 18.2 Å². The van der Waals surface area contributed by atoms with E-state index < -0.39 is 0 Å². The average Bonchev–Trinajstić information content (AvgIpc) is 2.76. The van der Waals surface area contributed by atoms with Gasteiger partial charge in [0.1, 0.15) is 0 Å². The Hall–Kier alpha value is -0.0200. The van der Waals surface area contributed by atoms with Gasteiger partial charge in [0.25, 0.3) is 0 Å². The van der Waals surface area contributed by atoms with Crippen LogP contribution in [0.5, 0.6) is 0 Å². The molecule has 1 nitrogen and oxygen atoms in total. The molecule has 1 aliphatic rings. The summed E-state index contributed by atoms with van der Waals surface area (Å²) in [5, 5.41) is 1.37. The molecule has 1 saturated carbocycles. The van der Waals surface area contributed by atoms with Gasteiger partial charge in [0, 0.05) is 5.92 Å². The minimum absolute atomic E-state index is 0.819. The Morgan fingerprint density at radius 2 is 2.27 bits per heavy atom. The second-order valence-electron chi connectivity index (χ2n) is 2.90. The molecular weight excluding hydrogens is 174 g/mol. The van der Waals surface area contributed by atoms with Gasteiger partial charge in [0.15, 0.2) is 0 Å². The SMILES string of the molecule is CSc1sc(C2CC2)nc1C. The van der Waals surface area contributed by atoms with E-state index in [1.165, 1.54) is 27.8 Å². The molecule has 0 aliphatic heterocycles. The maximum atomic E-state index is 4.54. The molecule has 0 atom stereocenters. The summed E-state index contributed by atoms with van der Waals surface area (Å²) in [6.07, 6.45) is 4.85. The summed E-state index contributed by atoms with van der Waals surface area (Å²) in [4.78, 5) is 4.54. The molecule has 1 heterocycles. The highest BCUT2D eigenvalue weighted by molar-refractivity contribution is 8.00. The van der Waals surface area contributed by atoms with E-state index in [1.54, 1.807) is 0 Å². The third-order valence-corrected chi connectivity index (χ3v) is 4.41. The number of thioether (sulfide) groups is 1. The highest BCUT2D eigenvalue weighted by atomic mass is 32.2. The normalized spacial score (nSPS) is 17.3. The van der Waals surface area contributed by atoms with E-state index in [-0.39, 0.29) is 0 Å². The Kier molecular flexibility index (Phi) is 1.93. The van der Waals surface area contributed by atoms with Crippen LogP contribution in [0, 0.1) is 6.92 Å². The zero-order valence-electron chi connectivity index (χ0n) is 6.76. The quantitative estimate of drug-likeness (QED) is 0.657. The molecule has 1 fully saturated rings. The first-order valence-corrected chi connectivity index (χ1v) is 5.86. The van der Waals surface area contributed by atoms with E-state index >= 15 is 0 Å². The van der Waals surface area contributed by atoms with Crippen molar-refractivity contribution in [2.45, 2.75) is 29.9 Å². The van der Waals surface area contributed by atoms with Crippen LogP contribution in [0.1, 0.15) is 29.5 Å². The number of nitrogens with zero attached hydrogens (tertiary/aromatic N) is 1. The van der Waals surface area contributed by atoms with Gasteiger partial charge in [-0.2, -0.15) is 0 Å². The topological polar surface area (TPSA) is 12.9 Å². The first-order valence-electron chi connectivity index (χ1n) is 3.82. The second-order valence-corrected chi connectivity index (χ2v) is 5.01. The lowest BCUT2D eigenvalue weighted by molar-refractivity contribution is 1.05. The zero-order valence-corrected chi connectivity index (χ0v) is 8.39. The van der Waals surface area contributed by atoms with Gasteiger partial charge in [-0.15, -0.1) is 23.1 Å².